The van der Waals surface area contributed by atoms with Crippen molar-refractivity contribution in [2.24, 2.45) is 0 Å². The Labute approximate surface area is 292 Å². The number of ether oxygens (including phenoxy) is 6. The van der Waals surface area contributed by atoms with Crippen LogP contribution in [0, 0.1) is 0 Å². The lowest BCUT2D eigenvalue weighted by atomic mass is 9.98. The van der Waals surface area contributed by atoms with Crippen LogP contribution < -0.4 is 0 Å². The molecule has 0 aromatic carbocycles. The number of rotatable bonds is 27. The third kappa shape index (κ3) is 16.5. The van der Waals surface area contributed by atoms with Gasteiger partial charge in [-0.3, -0.25) is 4.79 Å². The van der Waals surface area contributed by atoms with Crippen LogP contribution in [0.2, 0.25) is 0 Å². The maximum Gasteiger partial charge on any atom is 0.306 e. The van der Waals surface area contributed by atoms with E-state index in [9.17, 15) is 40.5 Å². The summed E-state index contributed by atoms with van der Waals surface area (Å²) in [6.45, 7) is 3.58. The van der Waals surface area contributed by atoms with Crippen molar-refractivity contribution in [3.8, 4) is 0 Å². The van der Waals surface area contributed by atoms with E-state index in [1.807, 2.05) is 0 Å². The maximum atomic E-state index is 12.7. The first kappa shape index (κ1) is 44.2. The van der Waals surface area contributed by atoms with Crippen LogP contribution in [0.25, 0.3) is 0 Å². The molecule has 0 radical (unpaired) electrons. The predicted octanol–water partition coefficient (Wildman–Crippen LogP) is 1.84. The lowest BCUT2D eigenvalue weighted by Crippen LogP contribution is -2.61. The molecule has 2 heterocycles. The summed E-state index contributed by atoms with van der Waals surface area (Å²) in [5, 5.41) is 71.3. The van der Waals surface area contributed by atoms with Crippen molar-refractivity contribution in [2.75, 3.05) is 33.0 Å². The number of esters is 1. The van der Waals surface area contributed by atoms with E-state index < -0.39 is 80.7 Å². The van der Waals surface area contributed by atoms with Crippen molar-refractivity contribution in [1.29, 1.82) is 0 Å². The van der Waals surface area contributed by atoms with E-state index in [-0.39, 0.29) is 25.6 Å². The average molecular weight is 711 g/mol. The van der Waals surface area contributed by atoms with Gasteiger partial charge in [-0.2, -0.15) is 0 Å². The second kappa shape index (κ2) is 25.9. The van der Waals surface area contributed by atoms with E-state index in [1.165, 1.54) is 51.4 Å². The van der Waals surface area contributed by atoms with E-state index in [2.05, 4.69) is 13.8 Å². The molecule has 14 nitrogen and oxygen atoms in total. The molecule has 14 heteroatoms. The SMILES string of the molecule is CCCCCCCCCCOCC(COC1OC(COC2OC(CO)C(O)C(O)C2O)C(O)C(O)C1O)OC(=O)CCCCCCCCC. The Bertz CT molecular complexity index is 834. The van der Waals surface area contributed by atoms with Gasteiger partial charge in [0.25, 0.3) is 0 Å². The van der Waals surface area contributed by atoms with Crippen molar-refractivity contribution >= 4 is 5.97 Å². The molecule has 0 aromatic heterocycles. The lowest BCUT2D eigenvalue weighted by Gasteiger charge is -2.42. The number of hydrogen-bond donors (Lipinski definition) is 7. The Balaban J connectivity index is 1.89. The van der Waals surface area contributed by atoms with Gasteiger partial charge in [0.15, 0.2) is 12.6 Å². The fourth-order valence-corrected chi connectivity index (χ4v) is 5.93. The van der Waals surface area contributed by atoms with Gasteiger partial charge >= 0.3 is 5.97 Å². The third-order valence-electron chi connectivity index (χ3n) is 9.12. The zero-order valence-electron chi connectivity index (χ0n) is 29.7. The highest BCUT2D eigenvalue weighted by molar-refractivity contribution is 5.69. The van der Waals surface area contributed by atoms with E-state index in [0.29, 0.717) is 13.0 Å². The molecule has 2 aliphatic rings. The normalized spacial score (nSPS) is 31.1. The first-order valence-electron chi connectivity index (χ1n) is 18.6. The van der Waals surface area contributed by atoms with Crippen LogP contribution in [0.4, 0.5) is 0 Å². The highest BCUT2D eigenvalue weighted by atomic mass is 16.7. The third-order valence-corrected chi connectivity index (χ3v) is 9.12. The van der Waals surface area contributed by atoms with Crippen LogP contribution in [-0.2, 0) is 33.2 Å². The van der Waals surface area contributed by atoms with E-state index in [4.69, 9.17) is 28.4 Å². The minimum Gasteiger partial charge on any atom is -0.457 e. The van der Waals surface area contributed by atoms with Gasteiger partial charge in [-0.05, 0) is 12.8 Å². The second-order valence-electron chi connectivity index (χ2n) is 13.4. The van der Waals surface area contributed by atoms with Crippen LogP contribution >= 0.6 is 0 Å². The van der Waals surface area contributed by atoms with Crippen LogP contribution in [-0.4, -0.2) is 142 Å². The molecule has 2 fully saturated rings. The van der Waals surface area contributed by atoms with Crippen molar-refractivity contribution in [1.82, 2.24) is 0 Å². The van der Waals surface area contributed by atoms with Gasteiger partial charge in [0.2, 0.25) is 0 Å². The van der Waals surface area contributed by atoms with E-state index >= 15 is 0 Å². The number of carbonyl (C=O) groups is 1. The molecule has 11 atom stereocenters. The fourth-order valence-electron chi connectivity index (χ4n) is 5.93. The summed E-state index contributed by atoms with van der Waals surface area (Å²) < 4.78 is 33.8. The van der Waals surface area contributed by atoms with Crippen molar-refractivity contribution < 1.29 is 69.0 Å². The molecule has 2 saturated heterocycles. The molecule has 0 amide bonds. The van der Waals surface area contributed by atoms with E-state index in [1.54, 1.807) is 0 Å². The Kier molecular flexibility index (Phi) is 23.3. The van der Waals surface area contributed by atoms with Gasteiger partial charge in [-0.1, -0.05) is 97.3 Å². The second-order valence-corrected chi connectivity index (χ2v) is 13.4. The monoisotopic (exact) mass is 710 g/mol. The Morgan fingerprint density at radius 3 is 1.65 bits per heavy atom. The van der Waals surface area contributed by atoms with Crippen molar-refractivity contribution in [3.63, 3.8) is 0 Å². The standard InChI is InChI=1S/C35H66O14/c1-3-5-7-9-11-13-15-17-19-44-21-24(47-27(37)18-16-14-12-10-8-6-4-2)22-45-34-33(43)31(41)29(39)26(49-34)23-46-35-32(42)30(40)28(38)25(20-36)48-35/h24-26,28-36,38-43H,3-23H2,1-2H3. The van der Waals surface area contributed by atoms with Gasteiger partial charge in [0.05, 0.1) is 26.4 Å². The number of carbonyl (C=O) groups excluding carboxylic acids is 1. The average Bonchev–Trinajstić information content (AvgIpc) is 3.09. The zero-order chi connectivity index (χ0) is 36.0. The number of unbranched alkanes of at least 4 members (excludes halogenated alkanes) is 13. The van der Waals surface area contributed by atoms with Gasteiger partial charge in [-0.15, -0.1) is 0 Å². The van der Waals surface area contributed by atoms with Gasteiger partial charge in [0, 0.05) is 13.0 Å². The topological polar surface area (TPSA) is 214 Å². The molecule has 2 rings (SSSR count). The highest BCUT2D eigenvalue weighted by Gasteiger charge is 2.47. The van der Waals surface area contributed by atoms with Gasteiger partial charge < -0.3 is 64.2 Å². The molecule has 11 unspecified atom stereocenters. The van der Waals surface area contributed by atoms with Crippen molar-refractivity contribution in [3.05, 3.63) is 0 Å². The van der Waals surface area contributed by atoms with Gasteiger partial charge in [-0.25, -0.2) is 0 Å². The molecular weight excluding hydrogens is 644 g/mol. The summed E-state index contributed by atoms with van der Waals surface area (Å²) in [6, 6.07) is 0. The summed E-state index contributed by atoms with van der Waals surface area (Å²) >= 11 is 0. The summed E-state index contributed by atoms with van der Waals surface area (Å²) in [4.78, 5) is 12.7. The lowest BCUT2D eigenvalue weighted by molar-refractivity contribution is -0.332. The van der Waals surface area contributed by atoms with Gasteiger partial charge in [0.1, 0.15) is 54.9 Å². The molecule has 0 bridgehead atoms. The van der Waals surface area contributed by atoms with Crippen LogP contribution in [0.3, 0.4) is 0 Å². The fraction of sp³-hybridized carbons (Fsp3) is 0.971. The molecule has 290 valence electrons. The first-order valence-corrected chi connectivity index (χ1v) is 18.6. The van der Waals surface area contributed by atoms with E-state index in [0.717, 1.165) is 38.5 Å². The van der Waals surface area contributed by atoms with Crippen LogP contribution in [0.1, 0.15) is 117 Å². The maximum absolute atomic E-state index is 12.7. The summed E-state index contributed by atoms with van der Waals surface area (Å²) in [6.07, 6.45) is 0.826. The Morgan fingerprint density at radius 2 is 1.08 bits per heavy atom. The zero-order valence-corrected chi connectivity index (χ0v) is 29.7. The summed E-state index contributed by atoms with van der Waals surface area (Å²) in [5.74, 6) is -0.385. The highest BCUT2D eigenvalue weighted by Crippen LogP contribution is 2.26. The quantitative estimate of drug-likeness (QED) is 0.0479. The predicted molar refractivity (Wildman–Crippen MR) is 178 cm³/mol. The molecule has 7 N–H and O–H groups in total. The minimum atomic E-state index is -1.70. The number of hydrogen-bond acceptors (Lipinski definition) is 14. The number of aliphatic hydroxyl groups is 7. The Morgan fingerprint density at radius 1 is 0.592 bits per heavy atom. The first-order chi connectivity index (χ1) is 23.6. The molecule has 0 aliphatic carbocycles. The molecular formula is C35H66O14. The smallest absolute Gasteiger partial charge is 0.306 e. The molecule has 49 heavy (non-hydrogen) atoms. The molecule has 0 saturated carbocycles. The molecule has 0 spiro atoms. The Hall–Kier alpha value is -1.01. The largest absolute Gasteiger partial charge is 0.457 e. The van der Waals surface area contributed by atoms with Crippen molar-refractivity contribution in [2.45, 2.75) is 184 Å². The van der Waals surface area contributed by atoms with Crippen LogP contribution in [0.5, 0.6) is 0 Å². The summed E-state index contributed by atoms with van der Waals surface area (Å²) in [7, 11) is 0. The minimum absolute atomic E-state index is 0.0664. The molecule has 2 aliphatic heterocycles. The molecule has 0 aromatic rings. The number of aliphatic hydroxyl groups excluding tert-OH is 7. The summed E-state index contributed by atoms with van der Waals surface area (Å²) in [5.41, 5.74) is 0. The van der Waals surface area contributed by atoms with Crippen LogP contribution in [0.15, 0.2) is 0 Å².